The van der Waals surface area contributed by atoms with Crippen LogP contribution in [0.15, 0.2) is 54.2 Å². The van der Waals surface area contributed by atoms with Crippen LogP contribution in [0.5, 0.6) is 0 Å². The minimum absolute atomic E-state index is 0.143. The molecule has 0 unspecified atom stereocenters. The van der Waals surface area contributed by atoms with Gasteiger partial charge in [-0.25, -0.2) is 4.79 Å². The van der Waals surface area contributed by atoms with E-state index in [1.165, 1.54) is 18.3 Å². The molecule has 0 heterocycles. The van der Waals surface area contributed by atoms with Crippen molar-refractivity contribution in [3.05, 3.63) is 69.8 Å². The van der Waals surface area contributed by atoms with Gasteiger partial charge in [0.05, 0.1) is 22.2 Å². The average Bonchev–Trinajstić information content (AvgIpc) is 2.66. The molecule has 0 aliphatic carbocycles. The Balaban J connectivity index is 2.05. The first-order valence-electron chi connectivity index (χ1n) is 7.85. The predicted octanol–water partition coefficient (Wildman–Crippen LogP) is 4.63. The minimum atomic E-state index is -0.603. The largest absolute Gasteiger partial charge is 0.462 e. The van der Waals surface area contributed by atoms with Gasteiger partial charge in [0.2, 0.25) is 0 Å². The zero-order valence-corrected chi connectivity index (χ0v) is 15.8. The molecule has 2 aromatic carbocycles. The van der Waals surface area contributed by atoms with E-state index in [-0.39, 0.29) is 12.2 Å². The maximum atomic E-state index is 12.2. The van der Waals surface area contributed by atoms with E-state index in [9.17, 15) is 14.9 Å². The third-order valence-corrected chi connectivity index (χ3v) is 4.06. The van der Waals surface area contributed by atoms with Gasteiger partial charge in [-0.15, -0.1) is 0 Å². The number of amides is 1. The summed E-state index contributed by atoms with van der Waals surface area (Å²) in [5, 5.41) is 15.3. The molecule has 0 fully saturated rings. The highest BCUT2D eigenvalue weighted by Gasteiger charge is 2.11. The Morgan fingerprint density at radius 3 is 2.37 bits per heavy atom. The van der Waals surface area contributed by atoms with E-state index in [1.807, 2.05) is 6.07 Å². The Morgan fingerprint density at radius 2 is 1.78 bits per heavy atom. The fourth-order valence-electron chi connectivity index (χ4n) is 1.99. The number of carbonyl (C=O) groups excluding carboxylic acids is 2. The van der Waals surface area contributed by atoms with Gasteiger partial charge >= 0.3 is 5.97 Å². The number of benzene rings is 2. The Morgan fingerprint density at radius 1 is 1.11 bits per heavy atom. The van der Waals surface area contributed by atoms with Gasteiger partial charge in [0.1, 0.15) is 11.6 Å². The molecule has 0 aliphatic rings. The third kappa shape index (κ3) is 5.74. The van der Waals surface area contributed by atoms with Gasteiger partial charge in [0.25, 0.3) is 5.91 Å². The van der Waals surface area contributed by atoms with Crippen LogP contribution in [0.4, 0.5) is 11.4 Å². The number of nitrogens with zero attached hydrogens (tertiary/aromatic N) is 1. The quantitative estimate of drug-likeness (QED) is 0.416. The summed E-state index contributed by atoms with van der Waals surface area (Å²) in [6, 6.07) is 12.8. The van der Waals surface area contributed by atoms with Crippen LogP contribution in [0.3, 0.4) is 0 Å². The van der Waals surface area contributed by atoms with E-state index in [2.05, 4.69) is 10.6 Å². The van der Waals surface area contributed by atoms with Crippen LogP contribution in [-0.4, -0.2) is 18.5 Å². The summed E-state index contributed by atoms with van der Waals surface area (Å²) in [6.07, 6.45) is 1.27. The van der Waals surface area contributed by atoms with E-state index in [4.69, 9.17) is 27.9 Å². The van der Waals surface area contributed by atoms with Crippen molar-refractivity contribution in [2.75, 3.05) is 17.2 Å². The average molecular weight is 404 g/mol. The molecule has 2 aromatic rings. The Kier molecular flexibility index (Phi) is 7.24. The van der Waals surface area contributed by atoms with Crippen molar-refractivity contribution >= 4 is 46.5 Å². The Hall–Kier alpha value is -3.01. The van der Waals surface area contributed by atoms with Crippen LogP contribution in [0, 0.1) is 11.3 Å². The van der Waals surface area contributed by atoms with Gasteiger partial charge in [-0.05, 0) is 49.4 Å². The van der Waals surface area contributed by atoms with E-state index < -0.39 is 11.9 Å². The number of ether oxygens (including phenoxy) is 1. The fourth-order valence-corrected chi connectivity index (χ4v) is 2.29. The standard InChI is InChI=1S/C19H15Cl2N3O3/c1-2-27-19(26)12-3-5-14(6-4-12)24-18(25)13(10-22)11-23-15-7-8-16(20)17(21)9-15/h3-9,11,23H,2H2,1H3,(H,24,25)/b13-11-. The number of esters is 1. The lowest BCUT2D eigenvalue weighted by Gasteiger charge is -2.07. The van der Waals surface area contributed by atoms with Gasteiger partial charge in [0, 0.05) is 17.6 Å². The van der Waals surface area contributed by atoms with Crippen molar-refractivity contribution < 1.29 is 14.3 Å². The van der Waals surface area contributed by atoms with Gasteiger partial charge in [-0.1, -0.05) is 23.2 Å². The van der Waals surface area contributed by atoms with Crippen LogP contribution in [0.25, 0.3) is 0 Å². The van der Waals surface area contributed by atoms with Crippen LogP contribution in [-0.2, 0) is 9.53 Å². The summed E-state index contributed by atoms with van der Waals surface area (Å²) in [5.41, 5.74) is 1.23. The zero-order chi connectivity index (χ0) is 19.8. The maximum Gasteiger partial charge on any atom is 0.338 e. The topological polar surface area (TPSA) is 91.2 Å². The molecule has 0 radical (unpaired) electrons. The lowest BCUT2D eigenvalue weighted by atomic mass is 10.2. The molecule has 27 heavy (non-hydrogen) atoms. The molecule has 0 saturated carbocycles. The summed E-state index contributed by atoms with van der Waals surface area (Å²) >= 11 is 11.8. The van der Waals surface area contributed by atoms with Gasteiger partial charge in [0.15, 0.2) is 0 Å². The highest BCUT2D eigenvalue weighted by molar-refractivity contribution is 6.42. The summed E-state index contributed by atoms with van der Waals surface area (Å²) in [6.45, 7) is 1.99. The number of hydrogen-bond acceptors (Lipinski definition) is 5. The second kappa shape index (κ2) is 9.62. The normalized spacial score (nSPS) is 10.7. The highest BCUT2D eigenvalue weighted by atomic mass is 35.5. The highest BCUT2D eigenvalue weighted by Crippen LogP contribution is 2.25. The smallest absolute Gasteiger partial charge is 0.338 e. The number of rotatable bonds is 6. The first-order valence-corrected chi connectivity index (χ1v) is 8.60. The van der Waals surface area contributed by atoms with E-state index in [0.29, 0.717) is 27.0 Å². The molecule has 0 atom stereocenters. The first-order chi connectivity index (χ1) is 12.9. The van der Waals surface area contributed by atoms with Crippen LogP contribution in [0.2, 0.25) is 10.0 Å². The van der Waals surface area contributed by atoms with Crippen molar-refractivity contribution in [3.8, 4) is 6.07 Å². The minimum Gasteiger partial charge on any atom is -0.462 e. The first kappa shape index (κ1) is 20.3. The van der Waals surface area contributed by atoms with E-state index in [1.54, 1.807) is 37.3 Å². The second-order valence-electron chi connectivity index (χ2n) is 5.19. The monoisotopic (exact) mass is 403 g/mol. The number of hydrogen-bond donors (Lipinski definition) is 2. The van der Waals surface area contributed by atoms with Gasteiger partial charge in [-0.2, -0.15) is 5.26 Å². The molecule has 0 aromatic heterocycles. The number of nitriles is 1. The van der Waals surface area contributed by atoms with Crippen molar-refractivity contribution in [1.29, 1.82) is 5.26 Å². The van der Waals surface area contributed by atoms with E-state index in [0.717, 1.165) is 0 Å². The third-order valence-electron chi connectivity index (χ3n) is 3.32. The number of anilines is 2. The lowest BCUT2D eigenvalue weighted by molar-refractivity contribution is -0.112. The summed E-state index contributed by atoms with van der Waals surface area (Å²) in [5.74, 6) is -1.05. The number of halogens is 2. The Bertz CT molecular complexity index is 919. The van der Waals surface area contributed by atoms with Crippen molar-refractivity contribution in [2.24, 2.45) is 0 Å². The SMILES string of the molecule is CCOC(=O)c1ccc(NC(=O)/C(C#N)=C\Nc2ccc(Cl)c(Cl)c2)cc1. The van der Waals surface area contributed by atoms with Crippen LogP contribution in [0.1, 0.15) is 17.3 Å². The predicted molar refractivity (Wildman–Crippen MR) is 105 cm³/mol. The Labute approximate surface area is 166 Å². The molecule has 0 saturated heterocycles. The maximum absolute atomic E-state index is 12.2. The van der Waals surface area contributed by atoms with Gasteiger partial charge in [-0.3, -0.25) is 4.79 Å². The number of nitrogens with one attached hydrogen (secondary N) is 2. The molecule has 2 rings (SSSR count). The molecular weight excluding hydrogens is 389 g/mol. The van der Waals surface area contributed by atoms with Crippen molar-refractivity contribution in [1.82, 2.24) is 0 Å². The molecule has 138 valence electrons. The molecule has 2 N–H and O–H groups in total. The zero-order valence-electron chi connectivity index (χ0n) is 14.3. The van der Waals surface area contributed by atoms with Crippen molar-refractivity contribution in [2.45, 2.75) is 6.92 Å². The van der Waals surface area contributed by atoms with Crippen molar-refractivity contribution in [3.63, 3.8) is 0 Å². The van der Waals surface area contributed by atoms with E-state index >= 15 is 0 Å². The molecule has 0 spiro atoms. The second-order valence-corrected chi connectivity index (χ2v) is 6.01. The lowest BCUT2D eigenvalue weighted by Crippen LogP contribution is -2.14. The molecule has 0 bridgehead atoms. The summed E-state index contributed by atoms with van der Waals surface area (Å²) in [4.78, 5) is 23.8. The summed E-state index contributed by atoms with van der Waals surface area (Å²) in [7, 11) is 0. The van der Waals surface area contributed by atoms with Crippen LogP contribution < -0.4 is 10.6 Å². The molecule has 8 heteroatoms. The van der Waals surface area contributed by atoms with Crippen LogP contribution >= 0.6 is 23.2 Å². The molecule has 1 amide bonds. The molecular formula is C19H15Cl2N3O3. The van der Waals surface area contributed by atoms with Gasteiger partial charge < -0.3 is 15.4 Å². The number of carbonyl (C=O) groups is 2. The summed E-state index contributed by atoms with van der Waals surface area (Å²) < 4.78 is 4.89. The molecule has 6 nitrogen and oxygen atoms in total. The fraction of sp³-hybridized carbons (Fsp3) is 0.105. The molecule has 0 aliphatic heterocycles.